The standard InChI is InChI=1S/C18H21BrN2/c19-17-8-4-5-9-18(17)20-16-11-13-21(14-16)12-10-15-6-2-1-3-7-15/h1-9,16,20H,10-14H2. The Bertz CT molecular complexity index is 570. The second-order valence-electron chi connectivity index (χ2n) is 5.65. The topological polar surface area (TPSA) is 15.3 Å². The molecule has 1 atom stereocenters. The van der Waals surface area contributed by atoms with Crippen LogP contribution in [0.15, 0.2) is 59.1 Å². The first kappa shape index (κ1) is 14.6. The summed E-state index contributed by atoms with van der Waals surface area (Å²) in [6, 6.07) is 19.7. The summed E-state index contributed by atoms with van der Waals surface area (Å²) in [6.07, 6.45) is 2.36. The molecule has 1 aliphatic heterocycles. The lowest BCUT2D eigenvalue weighted by Crippen LogP contribution is -2.27. The summed E-state index contributed by atoms with van der Waals surface area (Å²) in [5.74, 6) is 0. The van der Waals surface area contributed by atoms with Crippen molar-refractivity contribution >= 4 is 21.6 Å². The second kappa shape index (κ2) is 7.10. The molecular weight excluding hydrogens is 324 g/mol. The van der Waals surface area contributed by atoms with E-state index in [1.54, 1.807) is 0 Å². The second-order valence-corrected chi connectivity index (χ2v) is 6.50. The van der Waals surface area contributed by atoms with E-state index in [9.17, 15) is 0 Å². The van der Waals surface area contributed by atoms with Crippen LogP contribution in [0.25, 0.3) is 0 Å². The fourth-order valence-corrected chi connectivity index (χ4v) is 3.28. The van der Waals surface area contributed by atoms with E-state index in [-0.39, 0.29) is 0 Å². The number of nitrogens with one attached hydrogen (secondary N) is 1. The number of hydrogen-bond acceptors (Lipinski definition) is 2. The molecule has 0 amide bonds. The van der Waals surface area contributed by atoms with Crippen molar-refractivity contribution in [3.05, 3.63) is 64.6 Å². The van der Waals surface area contributed by atoms with Gasteiger partial charge in [0.1, 0.15) is 0 Å². The highest BCUT2D eigenvalue weighted by Crippen LogP contribution is 2.24. The Balaban J connectivity index is 1.48. The highest BCUT2D eigenvalue weighted by molar-refractivity contribution is 9.10. The number of para-hydroxylation sites is 1. The Kier molecular flexibility index (Phi) is 4.94. The van der Waals surface area contributed by atoms with Gasteiger partial charge in [0.15, 0.2) is 0 Å². The quantitative estimate of drug-likeness (QED) is 0.875. The third kappa shape index (κ3) is 4.08. The summed E-state index contributed by atoms with van der Waals surface area (Å²) >= 11 is 3.60. The first-order valence-electron chi connectivity index (χ1n) is 7.58. The average Bonchev–Trinajstić information content (AvgIpc) is 2.96. The van der Waals surface area contributed by atoms with E-state index in [0.29, 0.717) is 6.04 Å². The molecule has 3 rings (SSSR count). The maximum atomic E-state index is 3.65. The lowest BCUT2D eigenvalue weighted by Gasteiger charge is -2.18. The largest absolute Gasteiger partial charge is 0.380 e. The van der Waals surface area contributed by atoms with Crippen LogP contribution in [-0.4, -0.2) is 30.6 Å². The summed E-state index contributed by atoms with van der Waals surface area (Å²) in [7, 11) is 0. The van der Waals surface area contributed by atoms with Crippen molar-refractivity contribution in [3.63, 3.8) is 0 Å². The zero-order chi connectivity index (χ0) is 14.5. The molecule has 0 aromatic heterocycles. The minimum atomic E-state index is 0.555. The fourth-order valence-electron chi connectivity index (χ4n) is 2.88. The molecule has 0 aliphatic carbocycles. The number of hydrogen-bond donors (Lipinski definition) is 1. The van der Waals surface area contributed by atoms with Gasteiger partial charge >= 0.3 is 0 Å². The maximum absolute atomic E-state index is 3.65. The Morgan fingerprint density at radius 1 is 1.05 bits per heavy atom. The average molecular weight is 345 g/mol. The van der Waals surface area contributed by atoms with Crippen molar-refractivity contribution in [2.45, 2.75) is 18.9 Å². The molecule has 1 aliphatic rings. The molecule has 110 valence electrons. The molecule has 2 nitrogen and oxygen atoms in total. The summed E-state index contributed by atoms with van der Waals surface area (Å²) in [5.41, 5.74) is 2.63. The summed E-state index contributed by atoms with van der Waals surface area (Å²) in [5, 5.41) is 3.65. The van der Waals surface area contributed by atoms with Crippen molar-refractivity contribution < 1.29 is 0 Å². The third-order valence-corrected chi connectivity index (χ3v) is 4.76. The van der Waals surface area contributed by atoms with Crippen molar-refractivity contribution in [1.29, 1.82) is 0 Å². The number of halogens is 1. The van der Waals surface area contributed by atoms with Gasteiger partial charge in [-0.25, -0.2) is 0 Å². The van der Waals surface area contributed by atoms with Crippen molar-refractivity contribution in [2.75, 3.05) is 25.0 Å². The van der Waals surface area contributed by atoms with Gasteiger partial charge in [0.2, 0.25) is 0 Å². The van der Waals surface area contributed by atoms with Crippen LogP contribution in [0.4, 0.5) is 5.69 Å². The molecule has 2 aromatic rings. The van der Waals surface area contributed by atoms with E-state index in [4.69, 9.17) is 0 Å². The monoisotopic (exact) mass is 344 g/mol. The summed E-state index contributed by atoms with van der Waals surface area (Å²) in [6.45, 7) is 3.47. The van der Waals surface area contributed by atoms with Crippen LogP contribution < -0.4 is 5.32 Å². The van der Waals surface area contributed by atoms with Crippen LogP contribution in [0.2, 0.25) is 0 Å². The molecule has 21 heavy (non-hydrogen) atoms. The summed E-state index contributed by atoms with van der Waals surface area (Å²) in [4.78, 5) is 2.56. The van der Waals surface area contributed by atoms with Gasteiger partial charge in [0, 0.05) is 35.8 Å². The molecule has 1 saturated heterocycles. The normalized spacial score (nSPS) is 18.8. The minimum Gasteiger partial charge on any atom is -0.380 e. The smallest absolute Gasteiger partial charge is 0.0487 e. The van der Waals surface area contributed by atoms with Crippen molar-refractivity contribution in [1.82, 2.24) is 4.90 Å². The van der Waals surface area contributed by atoms with E-state index in [0.717, 1.165) is 24.0 Å². The number of rotatable bonds is 5. The number of nitrogens with zero attached hydrogens (tertiary/aromatic N) is 1. The molecule has 3 heteroatoms. The van der Waals surface area contributed by atoms with Crippen molar-refractivity contribution in [2.24, 2.45) is 0 Å². The molecule has 0 bridgehead atoms. The predicted molar refractivity (Wildman–Crippen MR) is 92.8 cm³/mol. The van der Waals surface area contributed by atoms with E-state index >= 15 is 0 Å². The van der Waals surface area contributed by atoms with Crippen molar-refractivity contribution in [3.8, 4) is 0 Å². The van der Waals surface area contributed by atoms with Crippen LogP contribution >= 0.6 is 15.9 Å². The first-order chi connectivity index (χ1) is 10.3. The van der Waals surface area contributed by atoms with Gasteiger partial charge < -0.3 is 10.2 Å². The Hall–Kier alpha value is -1.32. The maximum Gasteiger partial charge on any atom is 0.0487 e. The highest BCUT2D eigenvalue weighted by Gasteiger charge is 2.22. The van der Waals surface area contributed by atoms with Crippen LogP contribution in [-0.2, 0) is 6.42 Å². The lowest BCUT2D eigenvalue weighted by molar-refractivity contribution is 0.340. The van der Waals surface area contributed by atoms with Gasteiger partial charge in [0.25, 0.3) is 0 Å². The number of benzene rings is 2. The van der Waals surface area contributed by atoms with Gasteiger partial charge in [-0.05, 0) is 46.5 Å². The van der Waals surface area contributed by atoms with Gasteiger partial charge in [-0.3, -0.25) is 0 Å². The Labute approximate surface area is 135 Å². The first-order valence-corrected chi connectivity index (χ1v) is 8.38. The van der Waals surface area contributed by atoms with Gasteiger partial charge in [0.05, 0.1) is 0 Å². The number of likely N-dealkylation sites (tertiary alicyclic amines) is 1. The molecule has 1 unspecified atom stereocenters. The molecule has 1 N–H and O–H groups in total. The zero-order valence-corrected chi connectivity index (χ0v) is 13.7. The SMILES string of the molecule is Brc1ccccc1NC1CCN(CCc2ccccc2)C1. The zero-order valence-electron chi connectivity index (χ0n) is 12.1. The predicted octanol–water partition coefficient (Wildman–Crippen LogP) is 4.18. The van der Waals surface area contributed by atoms with Crippen LogP contribution in [0.1, 0.15) is 12.0 Å². The molecule has 0 radical (unpaired) electrons. The lowest BCUT2D eigenvalue weighted by atomic mass is 10.1. The Morgan fingerprint density at radius 2 is 1.81 bits per heavy atom. The van der Waals surface area contributed by atoms with E-state index in [1.165, 1.54) is 24.2 Å². The fraction of sp³-hybridized carbons (Fsp3) is 0.333. The van der Waals surface area contributed by atoms with Gasteiger partial charge in [-0.15, -0.1) is 0 Å². The summed E-state index contributed by atoms with van der Waals surface area (Å²) < 4.78 is 1.15. The molecule has 0 saturated carbocycles. The van der Waals surface area contributed by atoms with Crippen LogP contribution in [0.3, 0.4) is 0 Å². The number of anilines is 1. The van der Waals surface area contributed by atoms with E-state index in [2.05, 4.69) is 80.7 Å². The highest BCUT2D eigenvalue weighted by atomic mass is 79.9. The molecule has 1 fully saturated rings. The molecule has 1 heterocycles. The third-order valence-electron chi connectivity index (χ3n) is 4.07. The van der Waals surface area contributed by atoms with Crippen LogP contribution in [0.5, 0.6) is 0 Å². The van der Waals surface area contributed by atoms with Crippen LogP contribution in [0, 0.1) is 0 Å². The van der Waals surface area contributed by atoms with E-state index in [1.807, 2.05) is 0 Å². The molecular formula is C18H21BrN2. The van der Waals surface area contributed by atoms with Gasteiger partial charge in [-0.1, -0.05) is 42.5 Å². The molecule has 2 aromatic carbocycles. The minimum absolute atomic E-state index is 0.555. The van der Waals surface area contributed by atoms with E-state index < -0.39 is 0 Å². The van der Waals surface area contributed by atoms with Gasteiger partial charge in [-0.2, -0.15) is 0 Å². The Morgan fingerprint density at radius 3 is 2.62 bits per heavy atom. The molecule has 0 spiro atoms.